The molecule has 0 aromatic carbocycles. The van der Waals surface area contributed by atoms with Crippen molar-refractivity contribution in [2.75, 3.05) is 39.8 Å². The molecule has 0 N–H and O–H groups in total. The monoisotopic (exact) mass is 250 g/mol. The van der Waals surface area contributed by atoms with Crippen LogP contribution in [0.2, 0.25) is 0 Å². The highest BCUT2D eigenvalue weighted by Gasteiger charge is 2.50. The molecule has 3 fully saturated rings. The van der Waals surface area contributed by atoms with Crippen LogP contribution in [-0.4, -0.2) is 49.6 Å². The Hall–Kier alpha value is -0.0800. The standard InChI is InChI=1S/C16H30N2/c1-13(2)15-4-6-18(7-5-15)10-14-8-16(9-14)11-17(3)12-16/h13-15H,4-12H2,1-3H3. The van der Waals surface area contributed by atoms with E-state index < -0.39 is 0 Å². The summed E-state index contributed by atoms with van der Waals surface area (Å²) in [6, 6.07) is 0. The number of rotatable bonds is 3. The molecule has 0 atom stereocenters. The summed E-state index contributed by atoms with van der Waals surface area (Å²) in [6.45, 7) is 11.7. The number of likely N-dealkylation sites (tertiary alicyclic amines) is 2. The van der Waals surface area contributed by atoms with E-state index in [4.69, 9.17) is 0 Å². The Kier molecular flexibility index (Phi) is 3.44. The molecule has 2 aliphatic heterocycles. The Morgan fingerprint density at radius 2 is 1.72 bits per heavy atom. The van der Waals surface area contributed by atoms with E-state index in [2.05, 4.69) is 30.7 Å². The molecular formula is C16H30N2. The van der Waals surface area contributed by atoms with Crippen LogP contribution in [0.1, 0.15) is 39.5 Å². The zero-order valence-electron chi connectivity index (χ0n) is 12.5. The van der Waals surface area contributed by atoms with Gasteiger partial charge in [-0.1, -0.05) is 13.8 Å². The molecule has 0 bridgehead atoms. The molecule has 1 aliphatic carbocycles. The molecule has 18 heavy (non-hydrogen) atoms. The molecule has 0 amide bonds. The number of piperidine rings is 1. The summed E-state index contributed by atoms with van der Waals surface area (Å²) in [5.74, 6) is 2.91. The second-order valence-corrected chi connectivity index (χ2v) is 7.83. The minimum atomic E-state index is 0.773. The summed E-state index contributed by atoms with van der Waals surface area (Å²) >= 11 is 0. The summed E-state index contributed by atoms with van der Waals surface area (Å²) in [7, 11) is 2.26. The van der Waals surface area contributed by atoms with Crippen molar-refractivity contribution >= 4 is 0 Å². The van der Waals surface area contributed by atoms with Crippen LogP contribution < -0.4 is 0 Å². The molecule has 0 unspecified atom stereocenters. The molecule has 3 rings (SSSR count). The maximum absolute atomic E-state index is 2.75. The molecule has 2 nitrogen and oxygen atoms in total. The first kappa shape index (κ1) is 12.9. The summed E-state index contributed by atoms with van der Waals surface area (Å²) in [4.78, 5) is 5.23. The van der Waals surface area contributed by atoms with E-state index in [1.54, 1.807) is 0 Å². The Morgan fingerprint density at radius 3 is 2.22 bits per heavy atom. The smallest absolute Gasteiger partial charge is 0.00476 e. The van der Waals surface area contributed by atoms with Crippen LogP contribution in [-0.2, 0) is 0 Å². The molecular weight excluding hydrogens is 220 g/mol. The summed E-state index contributed by atoms with van der Waals surface area (Å²) in [6.07, 6.45) is 5.92. The predicted octanol–water partition coefficient (Wildman–Crippen LogP) is 2.70. The molecule has 104 valence electrons. The van der Waals surface area contributed by atoms with Crippen molar-refractivity contribution < 1.29 is 0 Å². The molecule has 0 aromatic rings. The van der Waals surface area contributed by atoms with Crippen molar-refractivity contribution in [2.45, 2.75) is 39.5 Å². The maximum atomic E-state index is 2.75. The lowest BCUT2D eigenvalue weighted by Gasteiger charge is -2.59. The number of hydrogen-bond donors (Lipinski definition) is 0. The first-order chi connectivity index (χ1) is 8.56. The lowest BCUT2D eigenvalue weighted by atomic mass is 9.58. The van der Waals surface area contributed by atoms with Crippen LogP contribution in [0.15, 0.2) is 0 Å². The number of nitrogens with zero attached hydrogens (tertiary/aromatic N) is 2. The third-order valence-corrected chi connectivity index (χ3v) is 5.75. The normalized spacial score (nSPS) is 30.7. The van der Waals surface area contributed by atoms with Gasteiger partial charge in [0.05, 0.1) is 0 Å². The van der Waals surface area contributed by atoms with Crippen molar-refractivity contribution in [3.05, 3.63) is 0 Å². The zero-order chi connectivity index (χ0) is 12.8. The fraction of sp³-hybridized carbons (Fsp3) is 1.00. The summed E-state index contributed by atoms with van der Waals surface area (Å²) in [5, 5.41) is 0. The van der Waals surface area contributed by atoms with E-state index in [0.717, 1.165) is 23.2 Å². The van der Waals surface area contributed by atoms with Gasteiger partial charge in [-0.2, -0.15) is 0 Å². The topological polar surface area (TPSA) is 6.48 Å². The van der Waals surface area contributed by atoms with E-state index in [9.17, 15) is 0 Å². The fourth-order valence-corrected chi connectivity index (χ4v) is 4.82. The SMILES string of the molecule is CC(C)C1CCN(CC2CC3(C2)CN(C)C3)CC1. The molecule has 1 spiro atoms. The number of hydrogen-bond acceptors (Lipinski definition) is 2. The van der Waals surface area contributed by atoms with Crippen molar-refractivity contribution in [3.8, 4) is 0 Å². The second-order valence-electron chi connectivity index (χ2n) is 7.83. The van der Waals surface area contributed by atoms with E-state index in [1.807, 2.05) is 0 Å². The van der Waals surface area contributed by atoms with Gasteiger partial charge in [0.2, 0.25) is 0 Å². The largest absolute Gasteiger partial charge is 0.305 e. The van der Waals surface area contributed by atoms with Gasteiger partial charge in [0.25, 0.3) is 0 Å². The average Bonchev–Trinajstić information content (AvgIpc) is 2.25. The van der Waals surface area contributed by atoms with Gasteiger partial charge >= 0.3 is 0 Å². The molecule has 0 aromatic heterocycles. The quantitative estimate of drug-likeness (QED) is 0.760. The third kappa shape index (κ3) is 2.46. The van der Waals surface area contributed by atoms with Crippen molar-refractivity contribution in [3.63, 3.8) is 0 Å². The van der Waals surface area contributed by atoms with Gasteiger partial charge in [0.1, 0.15) is 0 Å². The van der Waals surface area contributed by atoms with E-state index >= 15 is 0 Å². The minimum absolute atomic E-state index is 0.773. The zero-order valence-corrected chi connectivity index (χ0v) is 12.5. The van der Waals surface area contributed by atoms with Gasteiger partial charge < -0.3 is 9.80 Å². The van der Waals surface area contributed by atoms with Gasteiger partial charge in [0.15, 0.2) is 0 Å². The first-order valence-electron chi connectivity index (χ1n) is 7.97. The molecule has 3 aliphatic rings. The fourth-order valence-electron chi connectivity index (χ4n) is 4.82. The molecule has 2 heterocycles. The van der Waals surface area contributed by atoms with Gasteiger partial charge in [-0.15, -0.1) is 0 Å². The van der Waals surface area contributed by atoms with Gasteiger partial charge in [-0.05, 0) is 69.0 Å². The highest BCUT2D eigenvalue weighted by atomic mass is 15.2. The van der Waals surface area contributed by atoms with Crippen LogP contribution in [0, 0.1) is 23.2 Å². The maximum Gasteiger partial charge on any atom is 0.00476 e. The molecule has 2 heteroatoms. The lowest BCUT2D eigenvalue weighted by Crippen LogP contribution is -2.62. The van der Waals surface area contributed by atoms with Crippen LogP contribution in [0.3, 0.4) is 0 Å². The van der Waals surface area contributed by atoms with Gasteiger partial charge in [-0.3, -0.25) is 0 Å². The van der Waals surface area contributed by atoms with Crippen molar-refractivity contribution in [1.29, 1.82) is 0 Å². The van der Waals surface area contributed by atoms with E-state index in [-0.39, 0.29) is 0 Å². The van der Waals surface area contributed by atoms with Crippen molar-refractivity contribution in [2.24, 2.45) is 23.2 Å². The van der Waals surface area contributed by atoms with Crippen LogP contribution in [0.4, 0.5) is 0 Å². The predicted molar refractivity (Wildman–Crippen MR) is 76.7 cm³/mol. The highest BCUT2D eigenvalue weighted by molar-refractivity contribution is 5.03. The van der Waals surface area contributed by atoms with Gasteiger partial charge in [-0.25, -0.2) is 0 Å². The molecule has 2 saturated heterocycles. The second kappa shape index (κ2) is 4.79. The van der Waals surface area contributed by atoms with Gasteiger partial charge in [0, 0.05) is 19.6 Å². The molecule has 1 saturated carbocycles. The van der Waals surface area contributed by atoms with Crippen LogP contribution in [0.5, 0.6) is 0 Å². The van der Waals surface area contributed by atoms with E-state index in [1.165, 1.54) is 58.4 Å². The average molecular weight is 250 g/mol. The Bertz CT molecular complexity index is 277. The van der Waals surface area contributed by atoms with Crippen molar-refractivity contribution in [1.82, 2.24) is 9.80 Å². The Labute approximate surface area is 113 Å². The minimum Gasteiger partial charge on any atom is -0.305 e. The van der Waals surface area contributed by atoms with Crippen LogP contribution in [0.25, 0.3) is 0 Å². The highest BCUT2D eigenvalue weighted by Crippen LogP contribution is 2.51. The first-order valence-corrected chi connectivity index (χ1v) is 7.97. The lowest BCUT2D eigenvalue weighted by molar-refractivity contribution is -0.0903. The summed E-state index contributed by atoms with van der Waals surface area (Å²) < 4.78 is 0. The third-order valence-electron chi connectivity index (χ3n) is 5.75. The molecule has 0 radical (unpaired) electrons. The summed E-state index contributed by atoms with van der Waals surface area (Å²) in [5.41, 5.74) is 0.773. The van der Waals surface area contributed by atoms with E-state index in [0.29, 0.717) is 0 Å². The Balaban J connectivity index is 1.36. The Morgan fingerprint density at radius 1 is 1.11 bits per heavy atom. The van der Waals surface area contributed by atoms with Crippen LogP contribution >= 0.6 is 0 Å².